The molecule has 6 nitrogen and oxygen atoms in total. The smallest absolute Gasteiger partial charge is 0.410 e. The average molecular weight is 310 g/mol. The van der Waals surface area contributed by atoms with Crippen LogP contribution >= 0.6 is 0 Å². The molecule has 2 atom stereocenters. The molecule has 0 saturated carbocycles. The monoisotopic (exact) mass is 310 g/mol. The summed E-state index contributed by atoms with van der Waals surface area (Å²) in [5, 5.41) is 0. The van der Waals surface area contributed by atoms with Crippen molar-refractivity contribution < 1.29 is 19.1 Å². The van der Waals surface area contributed by atoms with Gasteiger partial charge in [-0.3, -0.25) is 9.69 Å². The minimum Gasteiger partial charge on any atom is -0.469 e. The maximum Gasteiger partial charge on any atom is 0.410 e. The van der Waals surface area contributed by atoms with E-state index in [1.54, 1.807) is 0 Å². The van der Waals surface area contributed by atoms with Gasteiger partial charge >= 0.3 is 12.1 Å². The van der Waals surface area contributed by atoms with E-state index in [-0.39, 0.29) is 12.1 Å². The van der Waals surface area contributed by atoms with Crippen LogP contribution in [0.3, 0.4) is 0 Å². The first-order valence-corrected chi connectivity index (χ1v) is 8.38. The van der Waals surface area contributed by atoms with Gasteiger partial charge in [0.25, 0.3) is 0 Å². The second kappa shape index (κ2) is 6.44. The second-order valence-corrected chi connectivity index (χ2v) is 6.72. The molecule has 3 fully saturated rings. The molecule has 3 heterocycles. The van der Waals surface area contributed by atoms with Gasteiger partial charge < -0.3 is 14.4 Å². The molecule has 1 amide bonds. The number of rotatable bonds is 4. The van der Waals surface area contributed by atoms with E-state index in [1.807, 2.05) is 11.8 Å². The van der Waals surface area contributed by atoms with Gasteiger partial charge in [-0.25, -0.2) is 4.79 Å². The molecule has 0 aromatic carbocycles. The van der Waals surface area contributed by atoms with Crippen molar-refractivity contribution in [1.82, 2.24) is 9.80 Å². The lowest BCUT2D eigenvalue weighted by Gasteiger charge is -2.49. The van der Waals surface area contributed by atoms with E-state index in [0.717, 1.165) is 38.8 Å². The van der Waals surface area contributed by atoms with E-state index >= 15 is 0 Å². The first-order valence-electron chi connectivity index (χ1n) is 8.38. The van der Waals surface area contributed by atoms with E-state index in [9.17, 15) is 9.59 Å². The first kappa shape index (κ1) is 15.6. The van der Waals surface area contributed by atoms with Crippen LogP contribution in [-0.4, -0.2) is 66.8 Å². The fourth-order valence-electron chi connectivity index (χ4n) is 4.30. The summed E-state index contributed by atoms with van der Waals surface area (Å²) in [4.78, 5) is 27.8. The van der Waals surface area contributed by atoms with Crippen LogP contribution in [0.1, 0.15) is 39.0 Å². The van der Waals surface area contributed by atoms with Crippen molar-refractivity contribution >= 4 is 12.1 Å². The van der Waals surface area contributed by atoms with Crippen molar-refractivity contribution in [3.63, 3.8) is 0 Å². The quantitative estimate of drug-likeness (QED) is 0.739. The zero-order chi connectivity index (χ0) is 15.7. The molecule has 3 saturated heterocycles. The zero-order valence-electron chi connectivity index (χ0n) is 13.5. The van der Waals surface area contributed by atoms with Gasteiger partial charge in [-0.2, -0.15) is 0 Å². The largest absolute Gasteiger partial charge is 0.469 e. The third-order valence-electron chi connectivity index (χ3n) is 5.37. The van der Waals surface area contributed by atoms with Crippen molar-refractivity contribution in [3.05, 3.63) is 0 Å². The van der Waals surface area contributed by atoms with Crippen LogP contribution in [0.25, 0.3) is 0 Å². The Bertz CT molecular complexity index is 422. The summed E-state index contributed by atoms with van der Waals surface area (Å²) in [5.41, 5.74) is 0. The molecule has 0 aromatic heterocycles. The number of fused-ring (bicyclic) bond motifs is 2. The Morgan fingerprint density at radius 3 is 2.27 bits per heavy atom. The topological polar surface area (TPSA) is 59.1 Å². The summed E-state index contributed by atoms with van der Waals surface area (Å²) in [6.45, 7) is 4.27. The highest BCUT2D eigenvalue weighted by Gasteiger charge is 2.47. The number of amides is 1. The van der Waals surface area contributed by atoms with Gasteiger partial charge in [0.2, 0.25) is 0 Å². The molecule has 0 radical (unpaired) electrons. The van der Waals surface area contributed by atoms with Gasteiger partial charge in [-0.15, -0.1) is 0 Å². The number of carbonyl (C=O) groups excluding carboxylic acids is 2. The maximum absolute atomic E-state index is 12.1. The highest BCUT2D eigenvalue weighted by atomic mass is 16.6. The molecule has 3 rings (SSSR count). The predicted octanol–water partition coefficient (Wildman–Crippen LogP) is 1.63. The van der Waals surface area contributed by atoms with E-state index in [2.05, 4.69) is 4.90 Å². The van der Waals surface area contributed by atoms with Crippen molar-refractivity contribution in [2.24, 2.45) is 5.92 Å². The summed E-state index contributed by atoms with van der Waals surface area (Å²) < 4.78 is 9.92. The molecule has 0 N–H and O–H groups in total. The molecular weight excluding hydrogens is 284 g/mol. The van der Waals surface area contributed by atoms with E-state index < -0.39 is 0 Å². The zero-order valence-corrected chi connectivity index (χ0v) is 13.5. The standard InChI is InChI=1S/C16H26N2O4/c1-3-22-16(20)18-12-4-5-13(18)8-14(7-12)17-9-11(10-17)6-15(19)21-2/h11-14H,3-10H2,1-2H3. The molecular formula is C16H26N2O4. The summed E-state index contributed by atoms with van der Waals surface area (Å²) in [6, 6.07) is 1.22. The Balaban J connectivity index is 1.50. The van der Waals surface area contributed by atoms with Crippen LogP contribution < -0.4 is 0 Å². The number of piperidine rings is 1. The Labute approximate surface area is 131 Å². The molecule has 124 valence electrons. The Hall–Kier alpha value is -1.30. The molecule has 6 heteroatoms. The average Bonchev–Trinajstić information content (AvgIpc) is 2.73. The van der Waals surface area contributed by atoms with E-state index in [4.69, 9.17) is 9.47 Å². The first-order chi connectivity index (χ1) is 10.6. The molecule has 22 heavy (non-hydrogen) atoms. The number of ether oxygens (including phenoxy) is 2. The Morgan fingerprint density at radius 2 is 1.73 bits per heavy atom. The molecule has 3 aliphatic heterocycles. The lowest BCUT2D eigenvalue weighted by atomic mass is 9.88. The van der Waals surface area contributed by atoms with Crippen molar-refractivity contribution in [1.29, 1.82) is 0 Å². The van der Waals surface area contributed by atoms with Gasteiger partial charge in [-0.05, 0) is 38.5 Å². The van der Waals surface area contributed by atoms with Gasteiger partial charge in [0.1, 0.15) is 0 Å². The fourth-order valence-corrected chi connectivity index (χ4v) is 4.30. The van der Waals surface area contributed by atoms with Gasteiger partial charge in [0.15, 0.2) is 0 Å². The second-order valence-electron chi connectivity index (χ2n) is 6.72. The lowest BCUT2D eigenvalue weighted by molar-refractivity contribution is -0.143. The van der Waals surface area contributed by atoms with Crippen LogP contribution in [0.4, 0.5) is 4.79 Å². The van der Waals surface area contributed by atoms with Crippen LogP contribution in [-0.2, 0) is 14.3 Å². The Morgan fingerprint density at radius 1 is 1.09 bits per heavy atom. The van der Waals surface area contributed by atoms with E-state index in [1.165, 1.54) is 7.11 Å². The summed E-state index contributed by atoms with van der Waals surface area (Å²) >= 11 is 0. The molecule has 2 unspecified atom stereocenters. The molecule has 0 aliphatic carbocycles. The van der Waals surface area contributed by atoms with E-state index in [0.29, 0.717) is 37.1 Å². The molecule has 0 spiro atoms. The number of carbonyl (C=O) groups is 2. The molecule has 3 aliphatic rings. The van der Waals surface area contributed by atoms with Gasteiger partial charge in [-0.1, -0.05) is 0 Å². The minimum atomic E-state index is -0.138. The van der Waals surface area contributed by atoms with Crippen LogP contribution in [0, 0.1) is 5.92 Å². The number of esters is 1. The number of likely N-dealkylation sites (tertiary alicyclic amines) is 1. The van der Waals surface area contributed by atoms with Crippen LogP contribution in [0.2, 0.25) is 0 Å². The van der Waals surface area contributed by atoms with Crippen molar-refractivity contribution in [3.8, 4) is 0 Å². The van der Waals surface area contributed by atoms with Crippen LogP contribution in [0.15, 0.2) is 0 Å². The number of hydrogen-bond donors (Lipinski definition) is 0. The highest BCUT2D eigenvalue weighted by Crippen LogP contribution is 2.40. The number of methoxy groups -OCH3 is 1. The SMILES string of the molecule is CCOC(=O)N1C2CCC1CC(N1CC(CC(=O)OC)C1)C2. The minimum absolute atomic E-state index is 0.109. The number of hydrogen-bond acceptors (Lipinski definition) is 5. The summed E-state index contributed by atoms with van der Waals surface area (Å²) in [7, 11) is 1.45. The normalized spacial score (nSPS) is 31.7. The third kappa shape index (κ3) is 2.93. The maximum atomic E-state index is 12.1. The van der Waals surface area contributed by atoms with Gasteiger partial charge in [0.05, 0.1) is 20.1 Å². The fraction of sp³-hybridized carbons (Fsp3) is 0.875. The van der Waals surface area contributed by atoms with Crippen molar-refractivity contribution in [2.45, 2.75) is 57.2 Å². The highest BCUT2D eigenvalue weighted by molar-refractivity contribution is 5.70. The predicted molar refractivity (Wildman–Crippen MR) is 80.4 cm³/mol. The van der Waals surface area contributed by atoms with Crippen molar-refractivity contribution in [2.75, 3.05) is 26.8 Å². The summed E-state index contributed by atoms with van der Waals surface area (Å²) in [6.07, 6.45) is 4.67. The lowest BCUT2D eigenvalue weighted by Crippen LogP contribution is -2.58. The summed E-state index contributed by atoms with van der Waals surface area (Å²) in [5.74, 6) is 0.329. The third-order valence-corrected chi connectivity index (χ3v) is 5.37. The molecule has 0 aromatic rings. The van der Waals surface area contributed by atoms with Crippen LogP contribution in [0.5, 0.6) is 0 Å². The Kier molecular flexibility index (Phi) is 4.57. The number of nitrogens with zero attached hydrogens (tertiary/aromatic N) is 2. The van der Waals surface area contributed by atoms with Gasteiger partial charge in [0, 0.05) is 31.2 Å². The molecule has 2 bridgehead atoms.